The highest BCUT2D eigenvalue weighted by atomic mass is 16.3. The first-order valence-electron chi connectivity index (χ1n) is 7.05. The van der Waals surface area contributed by atoms with Crippen LogP contribution in [0, 0.1) is 0 Å². The molecule has 0 amide bonds. The standard InChI is InChI=1S/C15H23NO3/c17-11-8-14(18)15(19)12-6-2-3-7-13(12)16-9-4-1-5-10-16/h2-3,6-7,14-15,17-19H,1,4-5,8-11H2. The van der Waals surface area contributed by atoms with Gasteiger partial charge < -0.3 is 20.2 Å². The summed E-state index contributed by atoms with van der Waals surface area (Å²) in [6.07, 6.45) is 1.93. The number of para-hydroxylation sites is 1. The summed E-state index contributed by atoms with van der Waals surface area (Å²) in [5.41, 5.74) is 1.76. The smallest absolute Gasteiger partial charge is 0.107 e. The van der Waals surface area contributed by atoms with Gasteiger partial charge in [-0.25, -0.2) is 0 Å². The summed E-state index contributed by atoms with van der Waals surface area (Å²) in [4.78, 5) is 2.27. The Bertz CT molecular complexity index is 391. The molecule has 2 unspecified atom stereocenters. The largest absolute Gasteiger partial charge is 0.396 e. The average molecular weight is 265 g/mol. The molecule has 1 aromatic rings. The Hall–Kier alpha value is -1.10. The van der Waals surface area contributed by atoms with Crippen molar-refractivity contribution in [3.8, 4) is 0 Å². The molecule has 0 aliphatic carbocycles. The lowest BCUT2D eigenvalue weighted by atomic mass is 9.98. The fourth-order valence-electron chi connectivity index (χ4n) is 2.66. The van der Waals surface area contributed by atoms with Crippen molar-refractivity contribution in [2.24, 2.45) is 0 Å². The summed E-state index contributed by atoms with van der Waals surface area (Å²) in [5, 5.41) is 29.0. The molecule has 0 saturated carbocycles. The van der Waals surface area contributed by atoms with E-state index in [1.54, 1.807) is 0 Å². The van der Waals surface area contributed by atoms with Gasteiger partial charge in [0.25, 0.3) is 0 Å². The third-order valence-electron chi connectivity index (χ3n) is 3.74. The second-order valence-electron chi connectivity index (χ2n) is 5.13. The molecule has 106 valence electrons. The quantitative estimate of drug-likeness (QED) is 0.754. The molecule has 0 bridgehead atoms. The number of nitrogens with zero attached hydrogens (tertiary/aromatic N) is 1. The van der Waals surface area contributed by atoms with Crippen LogP contribution in [-0.4, -0.2) is 41.1 Å². The van der Waals surface area contributed by atoms with Gasteiger partial charge in [0.1, 0.15) is 6.10 Å². The van der Waals surface area contributed by atoms with Crippen molar-refractivity contribution in [3.63, 3.8) is 0 Å². The van der Waals surface area contributed by atoms with Crippen LogP contribution < -0.4 is 4.90 Å². The van der Waals surface area contributed by atoms with Gasteiger partial charge in [-0.2, -0.15) is 0 Å². The highest BCUT2D eigenvalue weighted by Crippen LogP contribution is 2.30. The van der Waals surface area contributed by atoms with Crippen LogP contribution in [0.4, 0.5) is 5.69 Å². The highest BCUT2D eigenvalue weighted by Gasteiger charge is 2.23. The summed E-state index contributed by atoms with van der Waals surface area (Å²) in [5.74, 6) is 0. The van der Waals surface area contributed by atoms with Crippen molar-refractivity contribution in [3.05, 3.63) is 29.8 Å². The molecular formula is C15H23NO3. The summed E-state index contributed by atoms with van der Waals surface area (Å²) in [7, 11) is 0. The summed E-state index contributed by atoms with van der Waals surface area (Å²) >= 11 is 0. The topological polar surface area (TPSA) is 63.9 Å². The summed E-state index contributed by atoms with van der Waals surface area (Å²) in [6.45, 7) is 1.88. The van der Waals surface area contributed by atoms with E-state index in [4.69, 9.17) is 5.11 Å². The fraction of sp³-hybridized carbons (Fsp3) is 0.600. The van der Waals surface area contributed by atoms with Gasteiger partial charge in [0.2, 0.25) is 0 Å². The first kappa shape index (κ1) is 14.3. The van der Waals surface area contributed by atoms with E-state index in [0.717, 1.165) is 24.3 Å². The van der Waals surface area contributed by atoms with E-state index in [1.165, 1.54) is 19.3 Å². The van der Waals surface area contributed by atoms with Gasteiger partial charge in [-0.05, 0) is 31.7 Å². The fourth-order valence-corrected chi connectivity index (χ4v) is 2.66. The van der Waals surface area contributed by atoms with Crippen molar-refractivity contribution < 1.29 is 15.3 Å². The van der Waals surface area contributed by atoms with Gasteiger partial charge in [-0.1, -0.05) is 18.2 Å². The Balaban J connectivity index is 2.19. The molecule has 1 aromatic carbocycles. The second kappa shape index (κ2) is 6.89. The molecule has 2 atom stereocenters. The van der Waals surface area contributed by atoms with Crippen LogP contribution in [-0.2, 0) is 0 Å². The number of aliphatic hydroxyl groups excluding tert-OH is 3. The SMILES string of the molecule is OCCC(O)C(O)c1ccccc1N1CCCCC1. The van der Waals surface area contributed by atoms with Crippen molar-refractivity contribution in [2.45, 2.75) is 37.9 Å². The molecule has 19 heavy (non-hydrogen) atoms. The molecule has 0 spiro atoms. The van der Waals surface area contributed by atoms with Crippen LogP contribution in [0.2, 0.25) is 0 Å². The molecule has 1 saturated heterocycles. The monoisotopic (exact) mass is 265 g/mol. The Morgan fingerprint density at radius 3 is 2.42 bits per heavy atom. The Morgan fingerprint density at radius 1 is 1.05 bits per heavy atom. The molecule has 1 aliphatic rings. The van der Waals surface area contributed by atoms with Crippen LogP contribution >= 0.6 is 0 Å². The van der Waals surface area contributed by atoms with E-state index in [2.05, 4.69) is 4.90 Å². The Labute approximate surface area is 114 Å². The second-order valence-corrected chi connectivity index (χ2v) is 5.13. The Morgan fingerprint density at radius 2 is 1.74 bits per heavy atom. The van der Waals surface area contributed by atoms with Gasteiger partial charge in [0.05, 0.1) is 6.10 Å². The first-order chi connectivity index (χ1) is 9.24. The van der Waals surface area contributed by atoms with Crippen LogP contribution in [0.5, 0.6) is 0 Å². The van der Waals surface area contributed by atoms with Crippen LogP contribution in [0.1, 0.15) is 37.4 Å². The zero-order valence-electron chi connectivity index (χ0n) is 11.2. The maximum Gasteiger partial charge on any atom is 0.107 e. The van der Waals surface area contributed by atoms with Crippen LogP contribution in [0.25, 0.3) is 0 Å². The van der Waals surface area contributed by atoms with Crippen molar-refractivity contribution in [2.75, 3.05) is 24.6 Å². The minimum Gasteiger partial charge on any atom is -0.396 e. The number of anilines is 1. The molecule has 3 N–H and O–H groups in total. The molecule has 0 aromatic heterocycles. The van der Waals surface area contributed by atoms with E-state index in [1.807, 2.05) is 24.3 Å². The highest BCUT2D eigenvalue weighted by molar-refractivity contribution is 5.55. The Kier molecular flexibility index (Phi) is 5.19. The van der Waals surface area contributed by atoms with Gasteiger partial charge in [0.15, 0.2) is 0 Å². The van der Waals surface area contributed by atoms with Gasteiger partial charge >= 0.3 is 0 Å². The molecule has 4 nitrogen and oxygen atoms in total. The molecule has 0 radical (unpaired) electrons. The first-order valence-corrected chi connectivity index (χ1v) is 7.05. The molecular weight excluding hydrogens is 242 g/mol. The van der Waals surface area contributed by atoms with Gasteiger partial charge in [-0.3, -0.25) is 0 Å². The van der Waals surface area contributed by atoms with Crippen molar-refractivity contribution >= 4 is 5.69 Å². The number of aliphatic hydroxyl groups is 3. The average Bonchev–Trinajstić information content (AvgIpc) is 2.47. The van der Waals surface area contributed by atoms with Crippen LogP contribution in [0.15, 0.2) is 24.3 Å². The van der Waals surface area contributed by atoms with E-state index >= 15 is 0 Å². The van der Waals surface area contributed by atoms with Crippen molar-refractivity contribution in [1.82, 2.24) is 0 Å². The van der Waals surface area contributed by atoms with E-state index in [0.29, 0.717) is 0 Å². The third kappa shape index (κ3) is 3.47. The predicted molar refractivity (Wildman–Crippen MR) is 75.2 cm³/mol. The molecule has 1 aliphatic heterocycles. The third-order valence-corrected chi connectivity index (χ3v) is 3.74. The van der Waals surface area contributed by atoms with Gasteiger partial charge in [-0.15, -0.1) is 0 Å². The molecule has 2 rings (SSSR count). The minimum atomic E-state index is -0.940. The lowest BCUT2D eigenvalue weighted by Crippen LogP contribution is -2.31. The van der Waals surface area contributed by atoms with Crippen LogP contribution in [0.3, 0.4) is 0 Å². The summed E-state index contributed by atoms with van der Waals surface area (Å²) < 4.78 is 0. The lowest BCUT2D eigenvalue weighted by Gasteiger charge is -2.32. The lowest BCUT2D eigenvalue weighted by molar-refractivity contribution is 0.00443. The summed E-state index contributed by atoms with van der Waals surface area (Å²) in [6, 6.07) is 7.68. The van der Waals surface area contributed by atoms with Gasteiger partial charge in [0, 0.05) is 30.9 Å². The number of hydrogen-bond donors (Lipinski definition) is 3. The molecule has 4 heteroatoms. The van der Waals surface area contributed by atoms with Crippen molar-refractivity contribution in [1.29, 1.82) is 0 Å². The number of rotatable bonds is 5. The minimum absolute atomic E-state index is 0.121. The maximum atomic E-state index is 10.2. The zero-order valence-corrected chi connectivity index (χ0v) is 11.2. The zero-order chi connectivity index (χ0) is 13.7. The molecule has 1 fully saturated rings. The normalized spacial score (nSPS) is 19.2. The predicted octanol–water partition coefficient (Wildman–Crippen LogP) is 1.45. The number of piperidine rings is 1. The van der Waals surface area contributed by atoms with E-state index < -0.39 is 12.2 Å². The van der Waals surface area contributed by atoms with E-state index in [-0.39, 0.29) is 13.0 Å². The number of hydrogen-bond acceptors (Lipinski definition) is 4. The maximum absolute atomic E-state index is 10.2. The number of benzene rings is 1. The van der Waals surface area contributed by atoms with E-state index in [9.17, 15) is 10.2 Å². The molecule has 1 heterocycles.